The number of carbonyl (C=O) groups is 1. The Hall–Kier alpha value is -3.62. The lowest BCUT2D eigenvalue weighted by molar-refractivity contribution is 0.101. The number of nitrogens with zero attached hydrogens (tertiary/aromatic N) is 3. The van der Waals surface area contributed by atoms with E-state index in [2.05, 4.69) is 10.4 Å². The second-order valence-corrected chi connectivity index (χ2v) is 8.54. The van der Waals surface area contributed by atoms with Gasteiger partial charge in [-0.15, -0.1) is 5.10 Å². The molecule has 0 radical (unpaired) electrons. The summed E-state index contributed by atoms with van der Waals surface area (Å²) in [4.78, 5) is 25.9. The molecule has 0 aliphatic heterocycles. The molecular formula is C25H32FN5O3. The van der Waals surface area contributed by atoms with Crippen LogP contribution in [0.2, 0.25) is 0 Å². The second-order valence-electron chi connectivity index (χ2n) is 8.54. The highest BCUT2D eigenvalue weighted by Gasteiger charge is 2.23. The summed E-state index contributed by atoms with van der Waals surface area (Å²) >= 11 is 0. The van der Waals surface area contributed by atoms with E-state index >= 15 is 4.39 Å². The molecule has 1 atom stereocenters. The van der Waals surface area contributed by atoms with Crippen LogP contribution in [0.4, 0.5) is 15.8 Å². The van der Waals surface area contributed by atoms with Gasteiger partial charge in [-0.25, -0.2) is 9.18 Å². The van der Waals surface area contributed by atoms with Gasteiger partial charge in [0.1, 0.15) is 23.1 Å². The van der Waals surface area contributed by atoms with E-state index in [9.17, 15) is 9.59 Å². The molecule has 0 spiro atoms. The minimum atomic E-state index is -0.767. The van der Waals surface area contributed by atoms with Crippen LogP contribution in [0.25, 0.3) is 5.69 Å². The van der Waals surface area contributed by atoms with Gasteiger partial charge in [0.15, 0.2) is 0 Å². The molecule has 3 aromatic rings. The lowest BCUT2D eigenvalue weighted by Gasteiger charge is -2.19. The largest absolute Gasteiger partial charge is 0.490 e. The molecule has 1 aromatic heterocycles. The van der Waals surface area contributed by atoms with Crippen molar-refractivity contribution in [2.45, 2.75) is 60.0 Å². The van der Waals surface area contributed by atoms with Gasteiger partial charge in [0, 0.05) is 19.5 Å². The number of hydrogen-bond acceptors (Lipinski definition) is 5. The number of ether oxygens (including phenoxy) is 1. The number of halogens is 1. The van der Waals surface area contributed by atoms with Gasteiger partial charge in [-0.3, -0.25) is 9.36 Å². The van der Waals surface area contributed by atoms with Crippen LogP contribution < -0.4 is 21.5 Å². The highest BCUT2D eigenvalue weighted by atomic mass is 19.1. The van der Waals surface area contributed by atoms with Crippen LogP contribution in [0, 0.1) is 19.7 Å². The van der Waals surface area contributed by atoms with E-state index in [4.69, 9.17) is 10.5 Å². The molecule has 2 aromatic carbocycles. The van der Waals surface area contributed by atoms with Crippen molar-refractivity contribution in [3.8, 4) is 11.4 Å². The van der Waals surface area contributed by atoms with Crippen molar-refractivity contribution in [1.82, 2.24) is 14.3 Å². The van der Waals surface area contributed by atoms with E-state index in [0.29, 0.717) is 23.6 Å². The van der Waals surface area contributed by atoms with Crippen molar-refractivity contribution in [2.24, 2.45) is 7.05 Å². The Balaban J connectivity index is 2.10. The van der Waals surface area contributed by atoms with Crippen LogP contribution in [0.15, 0.2) is 29.1 Å². The Bertz CT molecular complexity index is 1260. The lowest BCUT2D eigenvalue weighted by atomic mass is 10.1. The van der Waals surface area contributed by atoms with Crippen molar-refractivity contribution in [1.29, 1.82) is 0 Å². The maximum absolute atomic E-state index is 15.3. The molecule has 0 fully saturated rings. The van der Waals surface area contributed by atoms with Gasteiger partial charge >= 0.3 is 5.69 Å². The number of amides is 1. The third-order valence-corrected chi connectivity index (χ3v) is 5.68. The molecule has 1 unspecified atom stereocenters. The van der Waals surface area contributed by atoms with Crippen LogP contribution in [-0.2, 0) is 13.5 Å². The monoisotopic (exact) mass is 469 g/mol. The van der Waals surface area contributed by atoms with E-state index in [1.54, 1.807) is 13.1 Å². The molecule has 1 heterocycles. The number of hydrogen-bond donors (Lipinski definition) is 2. The fourth-order valence-corrected chi connectivity index (χ4v) is 3.96. The van der Waals surface area contributed by atoms with Crippen LogP contribution >= 0.6 is 0 Å². The van der Waals surface area contributed by atoms with Gasteiger partial charge in [-0.05, 0) is 50.5 Å². The highest BCUT2D eigenvalue weighted by molar-refractivity contribution is 6.08. The SMILES string of the molecule is CCCC(C)Oc1cc(-n2nc(CC)n(C)c2=O)c(F)cc1C(=O)Nc1c(C)cc(C)cc1N. The van der Waals surface area contributed by atoms with Gasteiger partial charge < -0.3 is 15.8 Å². The topological polar surface area (TPSA) is 104 Å². The molecule has 0 aliphatic carbocycles. The first-order valence-corrected chi connectivity index (χ1v) is 11.4. The standard InChI is InChI=1S/C25H32FN5O3/c1-7-9-16(5)34-21-13-20(31-25(33)30(6)22(8-2)29-31)18(26)12-17(21)24(32)28-23-15(4)10-14(3)11-19(23)27/h10-13,16H,7-9,27H2,1-6H3,(H,28,32). The van der Waals surface area contributed by atoms with Crippen molar-refractivity contribution >= 4 is 17.3 Å². The predicted molar refractivity (Wildman–Crippen MR) is 131 cm³/mol. The minimum absolute atomic E-state index is 0.00303. The van der Waals surface area contributed by atoms with E-state index in [-0.39, 0.29) is 23.1 Å². The average Bonchev–Trinajstić information content (AvgIpc) is 3.05. The summed E-state index contributed by atoms with van der Waals surface area (Å²) in [5, 5.41) is 7.03. The zero-order valence-corrected chi connectivity index (χ0v) is 20.5. The van der Waals surface area contributed by atoms with Crippen molar-refractivity contribution in [3.63, 3.8) is 0 Å². The van der Waals surface area contributed by atoms with Gasteiger partial charge in [0.25, 0.3) is 5.91 Å². The number of aryl methyl sites for hydroxylation is 3. The zero-order chi connectivity index (χ0) is 25.2. The Morgan fingerprint density at radius 3 is 2.53 bits per heavy atom. The number of nitrogens with two attached hydrogens (primary N) is 1. The third kappa shape index (κ3) is 4.98. The molecule has 8 nitrogen and oxygen atoms in total. The van der Waals surface area contributed by atoms with Crippen LogP contribution in [0.1, 0.15) is 60.9 Å². The summed E-state index contributed by atoms with van der Waals surface area (Å²) in [6, 6.07) is 6.09. The Morgan fingerprint density at radius 1 is 1.24 bits per heavy atom. The molecule has 0 aliphatic rings. The molecule has 3 rings (SSSR count). The molecule has 9 heteroatoms. The number of nitrogens with one attached hydrogen (secondary N) is 1. The Labute approximate surface area is 198 Å². The number of benzene rings is 2. The number of carbonyl (C=O) groups excluding carboxylic acids is 1. The highest BCUT2D eigenvalue weighted by Crippen LogP contribution is 2.30. The van der Waals surface area contributed by atoms with Gasteiger partial charge in [0.2, 0.25) is 0 Å². The number of nitrogen functional groups attached to an aromatic ring is 1. The predicted octanol–water partition coefficient (Wildman–Crippen LogP) is 4.29. The number of anilines is 2. The summed E-state index contributed by atoms with van der Waals surface area (Å²) < 4.78 is 23.7. The van der Waals surface area contributed by atoms with Crippen LogP contribution in [0.3, 0.4) is 0 Å². The van der Waals surface area contributed by atoms with Gasteiger partial charge in [-0.1, -0.05) is 26.3 Å². The van der Waals surface area contributed by atoms with Crippen molar-refractivity contribution < 1.29 is 13.9 Å². The quantitative estimate of drug-likeness (QED) is 0.479. The normalized spacial score (nSPS) is 12.0. The van der Waals surface area contributed by atoms with Gasteiger partial charge in [-0.2, -0.15) is 4.68 Å². The molecule has 3 N–H and O–H groups in total. The first-order chi connectivity index (χ1) is 16.1. The first-order valence-electron chi connectivity index (χ1n) is 11.4. The Kier molecular flexibility index (Phi) is 7.44. The Morgan fingerprint density at radius 2 is 1.94 bits per heavy atom. The summed E-state index contributed by atoms with van der Waals surface area (Å²) in [7, 11) is 1.58. The first kappa shape index (κ1) is 25.0. The zero-order valence-electron chi connectivity index (χ0n) is 20.5. The fourth-order valence-electron chi connectivity index (χ4n) is 3.96. The molecular weight excluding hydrogens is 437 g/mol. The third-order valence-electron chi connectivity index (χ3n) is 5.68. The molecule has 34 heavy (non-hydrogen) atoms. The summed E-state index contributed by atoms with van der Waals surface area (Å²) in [6.07, 6.45) is 1.89. The second kappa shape index (κ2) is 10.1. The maximum atomic E-state index is 15.3. The molecule has 0 bridgehead atoms. The van der Waals surface area contributed by atoms with E-state index in [1.807, 2.05) is 40.7 Å². The molecule has 0 saturated heterocycles. The summed E-state index contributed by atoms with van der Waals surface area (Å²) in [6.45, 7) is 9.50. The maximum Gasteiger partial charge on any atom is 0.350 e. The van der Waals surface area contributed by atoms with E-state index < -0.39 is 17.4 Å². The average molecular weight is 470 g/mol. The lowest BCUT2D eigenvalue weighted by Crippen LogP contribution is -2.24. The van der Waals surface area contributed by atoms with Crippen LogP contribution in [-0.4, -0.2) is 26.4 Å². The fraction of sp³-hybridized carbons (Fsp3) is 0.400. The van der Waals surface area contributed by atoms with Crippen molar-refractivity contribution in [2.75, 3.05) is 11.1 Å². The molecule has 182 valence electrons. The minimum Gasteiger partial charge on any atom is -0.490 e. The number of aromatic nitrogens is 3. The van der Waals surface area contributed by atoms with Gasteiger partial charge in [0.05, 0.1) is 23.0 Å². The summed E-state index contributed by atoms with van der Waals surface area (Å²) in [5.41, 5.74) is 8.18. The van der Waals surface area contributed by atoms with Crippen molar-refractivity contribution in [3.05, 3.63) is 63.1 Å². The summed E-state index contributed by atoms with van der Waals surface area (Å²) in [5.74, 6) is -0.658. The van der Waals surface area contributed by atoms with E-state index in [0.717, 1.165) is 34.7 Å². The molecule has 0 saturated carbocycles. The van der Waals surface area contributed by atoms with Crippen LogP contribution in [0.5, 0.6) is 5.75 Å². The van der Waals surface area contributed by atoms with E-state index in [1.165, 1.54) is 10.6 Å². The number of rotatable bonds is 8. The molecule has 1 amide bonds. The smallest absolute Gasteiger partial charge is 0.350 e.